The third-order valence-electron chi connectivity index (χ3n) is 6.31. The standard InChI is InChI=1S/C21H23F2N9O3S/c1-11(30(2)20(33)16-8-25-32(28-16)13-9-36(34,35)10-13)4-3-5-17-26-19-14-6-12(22)7-15(23)18(14)27-21(24)31(19)29-17/h6-8,11,13H,3-5,9-10H2,1-2H3,(H2,24,27)/t11-/m0/s1. The Kier molecular flexibility index (Phi) is 5.81. The minimum Gasteiger partial charge on any atom is -0.368 e. The Morgan fingerprint density at radius 1 is 1.25 bits per heavy atom. The molecule has 4 heterocycles. The number of aryl methyl sites for hydroxylation is 1. The third kappa shape index (κ3) is 4.34. The van der Waals surface area contributed by atoms with Crippen LogP contribution in [0.5, 0.6) is 0 Å². The first-order chi connectivity index (χ1) is 17.0. The molecule has 0 saturated carbocycles. The van der Waals surface area contributed by atoms with E-state index in [0.717, 1.165) is 12.1 Å². The number of aromatic nitrogens is 7. The number of anilines is 1. The molecule has 36 heavy (non-hydrogen) atoms. The summed E-state index contributed by atoms with van der Waals surface area (Å²) >= 11 is 0. The summed E-state index contributed by atoms with van der Waals surface area (Å²) in [5.74, 6) is -1.59. The van der Waals surface area contributed by atoms with Gasteiger partial charge in [0.1, 0.15) is 11.3 Å². The van der Waals surface area contributed by atoms with Crippen LogP contribution in [0.2, 0.25) is 0 Å². The Morgan fingerprint density at radius 2 is 2.00 bits per heavy atom. The number of nitrogen functional groups attached to an aromatic ring is 1. The number of fused-ring (bicyclic) bond motifs is 3. The van der Waals surface area contributed by atoms with Gasteiger partial charge < -0.3 is 10.6 Å². The topological polar surface area (TPSA) is 154 Å². The molecule has 0 unspecified atom stereocenters. The summed E-state index contributed by atoms with van der Waals surface area (Å²) in [4.78, 5) is 24.0. The van der Waals surface area contributed by atoms with Crippen LogP contribution >= 0.6 is 0 Å². The van der Waals surface area contributed by atoms with E-state index in [1.807, 2.05) is 6.92 Å². The smallest absolute Gasteiger partial charge is 0.276 e. The lowest BCUT2D eigenvalue weighted by Gasteiger charge is -2.25. The minimum atomic E-state index is -3.03. The predicted octanol–water partition coefficient (Wildman–Crippen LogP) is 1.18. The Morgan fingerprint density at radius 3 is 2.72 bits per heavy atom. The molecule has 4 aromatic rings. The fourth-order valence-electron chi connectivity index (χ4n) is 4.16. The Labute approximate surface area is 204 Å². The van der Waals surface area contributed by atoms with Gasteiger partial charge in [-0.15, -0.1) is 10.2 Å². The van der Waals surface area contributed by atoms with Crippen molar-refractivity contribution in [2.75, 3.05) is 24.3 Å². The fraction of sp³-hybridized carbons (Fsp3) is 0.429. The van der Waals surface area contributed by atoms with E-state index < -0.39 is 21.5 Å². The van der Waals surface area contributed by atoms with Crippen molar-refractivity contribution in [3.8, 4) is 0 Å². The quantitative estimate of drug-likeness (QED) is 0.379. The van der Waals surface area contributed by atoms with Crippen molar-refractivity contribution in [3.05, 3.63) is 41.5 Å². The highest BCUT2D eigenvalue weighted by Gasteiger charge is 2.36. The highest BCUT2D eigenvalue weighted by atomic mass is 32.2. The van der Waals surface area contributed by atoms with E-state index in [-0.39, 0.29) is 57.7 Å². The van der Waals surface area contributed by atoms with Gasteiger partial charge in [-0.1, -0.05) is 0 Å². The second kappa shape index (κ2) is 8.72. The SMILES string of the molecule is C[C@@H](CCCc1nc2c3cc(F)cc(F)c3nc(N)n2n1)N(C)C(=O)c1cnn(C2CS(=O)(=O)C2)n1. The van der Waals surface area contributed by atoms with E-state index in [4.69, 9.17) is 5.73 Å². The van der Waals surface area contributed by atoms with Crippen LogP contribution in [-0.2, 0) is 16.3 Å². The third-order valence-corrected chi connectivity index (χ3v) is 8.10. The van der Waals surface area contributed by atoms with Crippen molar-refractivity contribution in [2.45, 2.75) is 38.3 Å². The first-order valence-corrected chi connectivity index (χ1v) is 13.0. The number of nitrogens with two attached hydrogens (primary N) is 1. The van der Waals surface area contributed by atoms with Crippen LogP contribution in [0.4, 0.5) is 14.7 Å². The number of amides is 1. The number of benzene rings is 1. The van der Waals surface area contributed by atoms with Gasteiger partial charge in [-0.05, 0) is 25.8 Å². The molecule has 0 radical (unpaired) electrons. The Bertz CT molecular complexity index is 1590. The van der Waals surface area contributed by atoms with Gasteiger partial charge in [0.15, 0.2) is 32.8 Å². The Balaban J connectivity index is 1.23. The molecule has 5 rings (SSSR count). The van der Waals surface area contributed by atoms with Crippen molar-refractivity contribution < 1.29 is 22.0 Å². The molecular weight excluding hydrogens is 496 g/mol. The van der Waals surface area contributed by atoms with Crippen LogP contribution in [0.3, 0.4) is 0 Å². The van der Waals surface area contributed by atoms with Gasteiger partial charge in [-0.2, -0.15) is 14.4 Å². The van der Waals surface area contributed by atoms with Crippen LogP contribution in [0.25, 0.3) is 16.6 Å². The van der Waals surface area contributed by atoms with E-state index in [1.165, 1.54) is 15.5 Å². The molecule has 190 valence electrons. The maximum atomic E-state index is 14.1. The van der Waals surface area contributed by atoms with Crippen LogP contribution in [0.1, 0.15) is 42.1 Å². The van der Waals surface area contributed by atoms with Crippen LogP contribution in [0.15, 0.2) is 18.3 Å². The molecule has 0 aliphatic carbocycles. The second-order valence-corrected chi connectivity index (χ2v) is 11.1. The molecule has 1 fully saturated rings. The van der Waals surface area contributed by atoms with Gasteiger partial charge in [0.2, 0.25) is 5.95 Å². The molecule has 15 heteroatoms. The van der Waals surface area contributed by atoms with E-state index >= 15 is 0 Å². The number of halogens is 2. The number of nitrogens with zero attached hydrogens (tertiary/aromatic N) is 8. The van der Waals surface area contributed by atoms with Gasteiger partial charge >= 0.3 is 0 Å². The van der Waals surface area contributed by atoms with Crippen molar-refractivity contribution in [2.24, 2.45) is 0 Å². The lowest BCUT2D eigenvalue weighted by Crippen LogP contribution is -2.39. The molecule has 3 aromatic heterocycles. The molecule has 1 aliphatic heterocycles. The van der Waals surface area contributed by atoms with Crippen LogP contribution in [0, 0.1) is 11.6 Å². The maximum absolute atomic E-state index is 14.1. The number of carbonyl (C=O) groups excluding carboxylic acids is 1. The zero-order valence-corrected chi connectivity index (χ0v) is 20.3. The number of sulfone groups is 1. The molecule has 12 nitrogen and oxygen atoms in total. The number of rotatable bonds is 7. The van der Waals surface area contributed by atoms with E-state index in [2.05, 4.69) is 25.3 Å². The summed E-state index contributed by atoms with van der Waals surface area (Å²) in [6.45, 7) is 1.89. The first kappa shape index (κ1) is 24.0. The Hall–Kier alpha value is -3.75. The largest absolute Gasteiger partial charge is 0.368 e. The first-order valence-electron chi connectivity index (χ1n) is 11.2. The highest BCUT2D eigenvalue weighted by molar-refractivity contribution is 7.92. The highest BCUT2D eigenvalue weighted by Crippen LogP contribution is 2.24. The summed E-state index contributed by atoms with van der Waals surface area (Å²) in [6.07, 6.45) is 3.02. The summed E-state index contributed by atoms with van der Waals surface area (Å²) in [5, 5.41) is 12.7. The summed E-state index contributed by atoms with van der Waals surface area (Å²) in [7, 11) is -1.37. The van der Waals surface area contributed by atoms with Crippen LogP contribution in [-0.4, -0.2) is 78.4 Å². The average Bonchev–Trinajstić information content (AvgIpc) is 3.45. The molecule has 0 bridgehead atoms. The number of hydrogen-bond donors (Lipinski definition) is 1. The predicted molar refractivity (Wildman–Crippen MR) is 125 cm³/mol. The average molecular weight is 520 g/mol. The molecule has 2 N–H and O–H groups in total. The molecule has 1 amide bonds. The molecule has 1 aliphatic rings. The van der Waals surface area contributed by atoms with Crippen molar-refractivity contribution in [3.63, 3.8) is 0 Å². The van der Waals surface area contributed by atoms with Crippen molar-refractivity contribution in [1.29, 1.82) is 0 Å². The molecule has 0 spiro atoms. The summed E-state index contributed by atoms with van der Waals surface area (Å²) < 4.78 is 51.9. The minimum absolute atomic E-state index is 0.0277. The zero-order chi connectivity index (χ0) is 25.8. The monoisotopic (exact) mass is 519 g/mol. The maximum Gasteiger partial charge on any atom is 0.276 e. The lowest BCUT2D eigenvalue weighted by atomic mass is 10.1. The molecule has 1 atom stereocenters. The van der Waals surface area contributed by atoms with Gasteiger partial charge in [-0.3, -0.25) is 4.79 Å². The fourth-order valence-corrected chi connectivity index (χ4v) is 5.50. The normalized spacial score (nSPS) is 16.3. The van der Waals surface area contributed by atoms with E-state index in [0.29, 0.717) is 25.1 Å². The van der Waals surface area contributed by atoms with Crippen molar-refractivity contribution in [1.82, 2.24) is 39.5 Å². The number of carbonyl (C=O) groups is 1. The van der Waals surface area contributed by atoms with Gasteiger partial charge in [0, 0.05) is 25.6 Å². The number of hydrogen-bond acceptors (Lipinski definition) is 9. The second-order valence-electron chi connectivity index (χ2n) is 8.96. The zero-order valence-electron chi connectivity index (χ0n) is 19.5. The van der Waals surface area contributed by atoms with E-state index in [9.17, 15) is 22.0 Å². The van der Waals surface area contributed by atoms with Crippen LogP contribution < -0.4 is 5.73 Å². The van der Waals surface area contributed by atoms with E-state index in [1.54, 1.807) is 11.9 Å². The van der Waals surface area contributed by atoms with Crippen molar-refractivity contribution >= 4 is 38.2 Å². The lowest BCUT2D eigenvalue weighted by molar-refractivity contribution is 0.0728. The molecular formula is C21H23F2N9O3S. The van der Waals surface area contributed by atoms with Gasteiger partial charge in [0.05, 0.1) is 29.1 Å². The molecule has 1 saturated heterocycles. The summed E-state index contributed by atoms with van der Waals surface area (Å²) in [6, 6.07) is 1.38. The van der Waals surface area contributed by atoms with Gasteiger partial charge in [-0.25, -0.2) is 27.2 Å². The summed E-state index contributed by atoms with van der Waals surface area (Å²) in [5.41, 5.74) is 6.18. The molecule has 1 aromatic carbocycles. The van der Waals surface area contributed by atoms with Gasteiger partial charge in [0.25, 0.3) is 5.91 Å².